The van der Waals surface area contributed by atoms with E-state index in [0.29, 0.717) is 12.2 Å². The summed E-state index contributed by atoms with van der Waals surface area (Å²) in [5.41, 5.74) is 1.44. The van der Waals surface area contributed by atoms with Crippen LogP contribution in [0.3, 0.4) is 0 Å². The molecule has 4 rings (SSSR count). The van der Waals surface area contributed by atoms with Crippen molar-refractivity contribution in [2.75, 3.05) is 0 Å². The predicted molar refractivity (Wildman–Crippen MR) is 110 cm³/mol. The maximum atomic E-state index is 13.2. The maximum absolute atomic E-state index is 13.2. The van der Waals surface area contributed by atoms with Gasteiger partial charge in [-0.15, -0.1) is 11.3 Å². The Hall–Kier alpha value is -3.52. The molecule has 2 aromatic heterocycles. The van der Waals surface area contributed by atoms with Gasteiger partial charge in [0.15, 0.2) is 11.4 Å². The lowest BCUT2D eigenvalue weighted by atomic mass is 10.2. The van der Waals surface area contributed by atoms with Crippen LogP contribution in [0.25, 0.3) is 5.69 Å². The molecule has 5 nitrogen and oxygen atoms in total. The molecular weight excluding hydrogens is 408 g/mol. The van der Waals surface area contributed by atoms with Crippen molar-refractivity contribution in [1.29, 1.82) is 0 Å². The third-order valence-corrected chi connectivity index (χ3v) is 5.17. The number of amides is 1. The van der Waals surface area contributed by atoms with E-state index in [4.69, 9.17) is 4.74 Å². The van der Waals surface area contributed by atoms with Crippen molar-refractivity contribution in [3.05, 3.63) is 100 Å². The molecule has 1 amide bonds. The van der Waals surface area contributed by atoms with E-state index < -0.39 is 5.91 Å². The van der Waals surface area contributed by atoms with Crippen molar-refractivity contribution in [2.45, 2.75) is 13.2 Å². The first-order valence-electron chi connectivity index (χ1n) is 9.12. The van der Waals surface area contributed by atoms with Crippen LogP contribution in [0.2, 0.25) is 0 Å². The normalized spacial score (nSPS) is 10.7. The van der Waals surface area contributed by atoms with Crippen molar-refractivity contribution in [2.24, 2.45) is 0 Å². The average molecular weight is 425 g/mol. The Morgan fingerprint density at radius 3 is 2.40 bits per heavy atom. The standard InChI is InChI=1S/C22H17F2N3O2S/c23-16-5-3-15(4-6-16)14-29-20-13-27(18-9-7-17(24)8-10-18)26-21(20)22(28)25-12-19-2-1-11-30-19/h1-11,13H,12,14H2,(H,25,28). The lowest BCUT2D eigenvalue weighted by molar-refractivity contribution is 0.0941. The number of carbonyl (C=O) groups is 1. The van der Waals surface area contributed by atoms with Gasteiger partial charge in [-0.2, -0.15) is 5.10 Å². The zero-order valence-electron chi connectivity index (χ0n) is 15.7. The number of benzene rings is 2. The predicted octanol–water partition coefficient (Wildman–Crippen LogP) is 4.72. The van der Waals surface area contributed by atoms with Crippen LogP contribution in [0.5, 0.6) is 5.75 Å². The lowest BCUT2D eigenvalue weighted by Gasteiger charge is -2.06. The molecule has 0 atom stereocenters. The highest BCUT2D eigenvalue weighted by molar-refractivity contribution is 7.09. The number of hydrogen-bond donors (Lipinski definition) is 1. The van der Waals surface area contributed by atoms with Crippen LogP contribution >= 0.6 is 11.3 Å². The van der Waals surface area contributed by atoms with E-state index >= 15 is 0 Å². The highest BCUT2D eigenvalue weighted by Crippen LogP contribution is 2.22. The minimum atomic E-state index is -0.390. The van der Waals surface area contributed by atoms with E-state index in [2.05, 4.69) is 10.4 Å². The molecule has 8 heteroatoms. The third-order valence-electron chi connectivity index (χ3n) is 4.30. The fourth-order valence-electron chi connectivity index (χ4n) is 2.75. The third kappa shape index (κ3) is 4.72. The van der Waals surface area contributed by atoms with E-state index in [1.165, 1.54) is 40.3 Å². The number of ether oxygens (including phenoxy) is 1. The molecule has 0 saturated carbocycles. The van der Waals surface area contributed by atoms with Crippen molar-refractivity contribution >= 4 is 17.2 Å². The second kappa shape index (κ2) is 8.87. The number of halogens is 2. The van der Waals surface area contributed by atoms with Crippen molar-refractivity contribution in [3.8, 4) is 11.4 Å². The first kappa shape index (κ1) is 19.8. The van der Waals surface area contributed by atoms with Crippen LogP contribution in [0.1, 0.15) is 20.9 Å². The van der Waals surface area contributed by atoms with Crippen LogP contribution in [-0.4, -0.2) is 15.7 Å². The summed E-state index contributed by atoms with van der Waals surface area (Å²) in [6.07, 6.45) is 1.57. The highest BCUT2D eigenvalue weighted by atomic mass is 32.1. The summed E-state index contributed by atoms with van der Waals surface area (Å²) in [6, 6.07) is 15.5. The topological polar surface area (TPSA) is 56.2 Å². The average Bonchev–Trinajstić information content (AvgIpc) is 3.42. The molecular formula is C22H17F2N3O2S. The fourth-order valence-corrected chi connectivity index (χ4v) is 3.40. The monoisotopic (exact) mass is 425 g/mol. The molecule has 2 heterocycles. The fraction of sp³-hybridized carbons (Fsp3) is 0.0909. The van der Waals surface area contributed by atoms with E-state index in [9.17, 15) is 13.6 Å². The van der Waals surface area contributed by atoms with Gasteiger partial charge < -0.3 is 10.1 Å². The highest BCUT2D eigenvalue weighted by Gasteiger charge is 2.19. The summed E-state index contributed by atoms with van der Waals surface area (Å²) in [5, 5.41) is 9.10. The van der Waals surface area contributed by atoms with Crippen LogP contribution in [0.15, 0.2) is 72.2 Å². The number of aromatic nitrogens is 2. The summed E-state index contributed by atoms with van der Waals surface area (Å²) in [6.45, 7) is 0.512. The molecule has 0 spiro atoms. The Morgan fingerprint density at radius 1 is 1.03 bits per heavy atom. The van der Waals surface area contributed by atoms with E-state index in [-0.39, 0.29) is 29.7 Å². The minimum absolute atomic E-state index is 0.109. The molecule has 2 aromatic carbocycles. The molecule has 0 aliphatic rings. The maximum Gasteiger partial charge on any atom is 0.275 e. The Bertz CT molecular complexity index is 1120. The molecule has 30 heavy (non-hydrogen) atoms. The van der Waals surface area contributed by atoms with Gasteiger partial charge in [-0.1, -0.05) is 18.2 Å². The van der Waals surface area contributed by atoms with Gasteiger partial charge in [0.2, 0.25) is 0 Å². The molecule has 0 unspecified atom stereocenters. The molecule has 0 radical (unpaired) electrons. The summed E-state index contributed by atoms with van der Waals surface area (Å²) >= 11 is 1.54. The van der Waals surface area contributed by atoms with Crippen LogP contribution in [0.4, 0.5) is 8.78 Å². The summed E-state index contributed by atoms with van der Waals surface area (Å²) in [5.74, 6) is -0.824. The zero-order chi connectivity index (χ0) is 20.9. The summed E-state index contributed by atoms with van der Waals surface area (Å²) in [4.78, 5) is 13.8. The van der Waals surface area contributed by atoms with Gasteiger partial charge in [0.25, 0.3) is 5.91 Å². The quantitative estimate of drug-likeness (QED) is 0.466. The second-order valence-electron chi connectivity index (χ2n) is 6.44. The van der Waals surface area contributed by atoms with Crippen molar-refractivity contribution in [3.63, 3.8) is 0 Å². The molecule has 0 fully saturated rings. The number of rotatable bonds is 7. The number of carbonyl (C=O) groups excluding carboxylic acids is 1. The van der Waals surface area contributed by atoms with Gasteiger partial charge in [0.1, 0.15) is 18.2 Å². The first-order valence-corrected chi connectivity index (χ1v) is 10.00. The summed E-state index contributed by atoms with van der Waals surface area (Å²) in [7, 11) is 0. The number of nitrogens with one attached hydrogen (secondary N) is 1. The molecule has 152 valence electrons. The Kier molecular flexibility index (Phi) is 5.85. The van der Waals surface area contributed by atoms with E-state index in [0.717, 1.165) is 10.4 Å². The lowest BCUT2D eigenvalue weighted by Crippen LogP contribution is -2.23. The number of hydrogen-bond acceptors (Lipinski definition) is 4. The minimum Gasteiger partial charge on any atom is -0.485 e. The van der Waals surface area contributed by atoms with Gasteiger partial charge >= 0.3 is 0 Å². The molecule has 1 N–H and O–H groups in total. The number of nitrogens with zero attached hydrogens (tertiary/aromatic N) is 2. The van der Waals surface area contributed by atoms with E-state index in [1.54, 1.807) is 30.5 Å². The summed E-state index contributed by atoms with van der Waals surface area (Å²) < 4.78 is 33.6. The largest absolute Gasteiger partial charge is 0.485 e. The van der Waals surface area contributed by atoms with Crippen LogP contribution in [0, 0.1) is 11.6 Å². The Balaban J connectivity index is 1.57. The Labute approximate surface area is 175 Å². The first-order chi connectivity index (χ1) is 14.6. The smallest absolute Gasteiger partial charge is 0.275 e. The number of thiophene rings is 1. The van der Waals surface area contributed by atoms with Gasteiger partial charge in [-0.25, -0.2) is 13.5 Å². The van der Waals surface area contributed by atoms with Gasteiger partial charge in [0, 0.05) is 4.88 Å². The molecule has 0 saturated heterocycles. The second-order valence-corrected chi connectivity index (χ2v) is 7.47. The van der Waals surface area contributed by atoms with Crippen molar-refractivity contribution < 1.29 is 18.3 Å². The Morgan fingerprint density at radius 2 is 1.73 bits per heavy atom. The van der Waals surface area contributed by atoms with Gasteiger partial charge in [0.05, 0.1) is 18.4 Å². The van der Waals surface area contributed by atoms with Gasteiger partial charge in [-0.3, -0.25) is 4.79 Å². The molecule has 0 bridgehead atoms. The SMILES string of the molecule is O=C(NCc1cccs1)c1nn(-c2ccc(F)cc2)cc1OCc1ccc(F)cc1. The zero-order valence-corrected chi connectivity index (χ0v) is 16.5. The van der Waals surface area contributed by atoms with Crippen LogP contribution in [-0.2, 0) is 13.2 Å². The molecule has 0 aliphatic carbocycles. The molecule has 0 aliphatic heterocycles. The van der Waals surface area contributed by atoms with Crippen LogP contribution < -0.4 is 10.1 Å². The molecule has 4 aromatic rings. The van der Waals surface area contributed by atoms with E-state index in [1.807, 2.05) is 17.5 Å². The van der Waals surface area contributed by atoms with Gasteiger partial charge in [-0.05, 0) is 53.4 Å². The van der Waals surface area contributed by atoms with Crippen molar-refractivity contribution in [1.82, 2.24) is 15.1 Å².